The lowest BCUT2D eigenvalue weighted by molar-refractivity contribution is 0.633. The molecule has 0 aliphatic carbocycles. The van der Waals surface area contributed by atoms with Gasteiger partial charge in [-0.15, -0.1) is 0 Å². The van der Waals surface area contributed by atoms with Crippen LogP contribution in [0, 0.1) is 23.3 Å². The Morgan fingerprint density at radius 1 is 0.375 bits per heavy atom. The first kappa shape index (κ1) is 22.4. The molecule has 0 aliphatic rings. The molecule has 0 heterocycles. The fourth-order valence-electron chi connectivity index (χ4n) is 3.30. The number of hydrogen-bond acceptors (Lipinski definition) is 0. The fourth-order valence-corrected chi connectivity index (χ4v) is 7.74. The number of hydrogen-bond donors (Lipinski definition) is 0. The van der Waals surface area contributed by atoms with Crippen molar-refractivity contribution in [3.63, 3.8) is 0 Å². The molecule has 4 aromatic carbocycles. The second-order valence-electron chi connectivity index (χ2n) is 6.84. The average Bonchev–Trinajstić information content (AvgIpc) is 2.80. The molecule has 0 bridgehead atoms. The van der Waals surface area contributed by atoms with Crippen LogP contribution in [-0.4, -0.2) is 0 Å². The highest BCUT2D eigenvalue weighted by atomic mass is 31.1. The Balaban J connectivity index is 1.86. The van der Waals surface area contributed by atoms with Gasteiger partial charge >= 0.3 is 0 Å². The van der Waals surface area contributed by atoms with Crippen molar-refractivity contribution in [3.05, 3.63) is 132 Å². The Morgan fingerprint density at radius 2 is 0.594 bits per heavy atom. The molecule has 0 nitrogen and oxygen atoms in total. The molecule has 6 heteroatoms. The molecule has 0 radical (unpaired) electrons. The van der Waals surface area contributed by atoms with E-state index in [2.05, 4.69) is 0 Å². The maximum atomic E-state index is 14.7. The molecule has 0 aliphatic heterocycles. The van der Waals surface area contributed by atoms with Crippen LogP contribution in [0.5, 0.6) is 0 Å². The van der Waals surface area contributed by atoms with Crippen molar-refractivity contribution >= 4 is 37.1 Å². The quantitative estimate of drug-likeness (QED) is 0.231. The zero-order valence-corrected chi connectivity index (χ0v) is 18.6. The zero-order chi connectivity index (χ0) is 22.5. The summed E-state index contributed by atoms with van der Waals surface area (Å²) >= 11 is 0. The Kier molecular flexibility index (Phi) is 7.15. The van der Waals surface area contributed by atoms with Crippen molar-refractivity contribution in [1.29, 1.82) is 0 Å². The number of rotatable bonds is 6. The van der Waals surface area contributed by atoms with E-state index in [0.29, 0.717) is 21.2 Å². The van der Waals surface area contributed by atoms with Crippen molar-refractivity contribution in [2.24, 2.45) is 0 Å². The third-order valence-electron chi connectivity index (χ3n) is 4.81. The predicted octanol–water partition coefficient (Wildman–Crippen LogP) is 6.28. The van der Waals surface area contributed by atoms with Crippen molar-refractivity contribution in [2.75, 3.05) is 0 Å². The lowest BCUT2D eigenvalue weighted by Crippen LogP contribution is -2.18. The Bertz CT molecular complexity index is 1070. The third kappa shape index (κ3) is 4.83. The normalized spacial score (nSPS) is 11.6. The summed E-state index contributed by atoms with van der Waals surface area (Å²) in [7, 11) is -3.17. The van der Waals surface area contributed by atoms with Crippen LogP contribution >= 0.6 is 15.8 Å². The Labute approximate surface area is 186 Å². The van der Waals surface area contributed by atoms with E-state index in [0.717, 1.165) is 0 Å². The molecule has 0 fully saturated rings. The van der Waals surface area contributed by atoms with Gasteiger partial charge < -0.3 is 0 Å². The first-order valence-electron chi connectivity index (χ1n) is 9.81. The fraction of sp³-hybridized carbons (Fsp3) is 0. The molecule has 4 rings (SSSR count). The highest BCUT2D eigenvalue weighted by Gasteiger charge is 2.22. The average molecular weight is 468 g/mol. The molecule has 0 spiro atoms. The topological polar surface area (TPSA) is 0 Å². The summed E-state index contributed by atoms with van der Waals surface area (Å²) in [6, 6.07) is 24.8. The summed E-state index contributed by atoms with van der Waals surface area (Å²) in [6.07, 6.45) is 0. The van der Waals surface area contributed by atoms with Gasteiger partial charge in [0, 0.05) is 21.2 Å². The summed E-state index contributed by atoms with van der Waals surface area (Å²) in [6.45, 7) is 0. The Hall–Kier alpha value is -2.80. The zero-order valence-electron chi connectivity index (χ0n) is 16.8. The van der Waals surface area contributed by atoms with Crippen LogP contribution in [0.15, 0.2) is 109 Å². The van der Waals surface area contributed by atoms with E-state index in [1.165, 1.54) is 24.3 Å². The van der Waals surface area contributed by atoms with Gasteiger partial charge in [-0.1, -0.05) is 84.4 Å². The van der Waals surface area contributed by atoms with Crippen LogP contribution in [-0.2, 0) is 0 Å². The molecule has 0 amide bonds. The summed E-state index contributed by atoms with van der Waals surface area (Å²) in [5.74, 6) is 1.61. The van der Waals surface area contributed by atoms with Crippen LogP contribution in [0.1, 0.15) is 0 Å². The molecule has 0 aromatic heterocycles. The van der Waals surface area contributed by atoms with Gasteiger partial charge in [-0.05, 0) is 40.1 Å². The van der Waals surface area contributed by atoms with E-state index >= 15 is 0 Å². The smallest absolute Gasteiger partial charge is 0.131 e. The van der Waals surface area contributed by atoms with E-state index in [1.807, 2.05) is 0 Å². The van der Waals surface area contributed by atoms with Crippen LogP contribution in [0.3, 0.4) is 0 Å². The first-order chi connectivity index (χ1) is 15.6. The molecule has 32 heavy (non-hydrogen) atoms. The van der Waals surface area contributed by atoms with Gasteiger partial charge in [0.15, 0.2) is 0 Å². The third-order valence-corrected chi connectivity index (χ3v) is 9.47. The monoisotopic (exact) mass is 468 g/mol. The molecule has 160 valence electrons. The molecule has 4 aromatic rings. The van der Waals surface area contributed by atoms with E-state index in [-0.39, 0.29) is 0 Å². The standard InChI is InChI=1S/C26H18F4P2/c27-19-9-1-5-13-23(19)31(24-14-6-2-10-20(24)28)17-18-32(25-15-7-3-11-21(25)29)26-16-8-4-12-22(26)30/h1-18H/b18-17-. The van der Waals surface area contributed by atoms with Crippen molar-refractivity contribution < 1.29 is 17.6 Å². The molecular formula is C26H18F4P2. The second-order valence-corrected chi connectivity index (χ2v) is 10.8. The van der Waals surface area contributed by atoms with Crippen LogP contribution < -0.4 is 21.2 Å². The van der Waals surface area contributed by atoms with Gasteiger partial charge in [0.1, 0.15) is 23.3 Å². The lowest BCUT2D eigenvalue weighted by atomic mass is 10.3. The van der Waals surface area contributed by atoms with E-state index in [9.17, 15) is 17.6 Å². The summed E-state index contributed by atoms with van der Waals surface area (Å²) < 4.78 is 58.8. The van der Waals surface area contributed by atoms with Gasteiger partial charge in [0.2, 0.25) is 0 Å². The number of benzene rings is 4. The lowest BCUT2D eigenvalue weighted by Gasteiger charge is -2.19. The molecule has 0 saturated carbocycles. The molecule has 0 atom stereocenters. The molecular weight excluding hydrogens is 450 g/mol. The maximum Gasteiger partial charge on any atom is 0.131 e. The highest BCUT2D eigenvalue weighted by Crippen LogP contribution is 2.44. The number of halogens is 4. The van der Waals surface area contributed by atoms with E-state index < -0.39 is 39.1 Å². The van der Waals surface area contributed by atoms with Gasteiger partial charge in [0.25, 0.3) is 0 Å². The van der Waals surface area contributed by atoms with Crippen LogP contribution in [0.2, 0.25) is 0 Å². The summed E-state index contributed by atoms with van der Waals surface area (Å²) in [5.41, 5.74) is 0. The maximum absolute atomic E-state index is 14.7. The minimum Gasteiger partial charge on any atom is -0.206 e. The molecule has 0 unspecified atom stereocenters. The van der Waals surface area contributed by atoms with Crippen LogP contribution in [0.25, 0.3) is 0 Å². The van der Waals surface area contributed by atoms with Crippen molar-refractivity contribution in [2.45, 2.75) is 0 Å². The van der Waals surface area contributed by atoms with Crippen LogP contribution in [0.4, 0.5) is 17.6 Å². The largest absolute Gasteiger partial charge is 0.206 e. The second kappa shape index (κ2) is 10.2. The molecule has 0 N–H and O–H groups in total. The minimum atomic E-state index is -1.58. The van der Waals surface area contributed by atoms with Gasteiger partial charge in [0.05, 0.1) is 0 Å². The van der Waals surface area contributed by atoms with Gasteiger partial charge in [-0.25, -0.2) is 17.6 Å². The summed E-state index contributed by atoms with van der Waals surface area (Å²) in [4.78, 5) is 0. The predicted molar refractivity (Wildman–Crippen MR) is 127 cm³/mol. The highest BCUT2D eigenvalue weighted by molar-refractivity contribution is 7.79. The van der Waals surface area contributed by atoms with E-state index in [4.69, 9.17) is 0 Å². The SMILES string of the molecule is Fc1ccccc1P(/C=C\P(c1ccccc1F)c1ccccc1F)c1ccccc1F. The van der Waals surface area contributed by atoms with Crippen molar-refractivity contribution in [3.8, 4) is 0 Å². The van der Waals surface area contributed by atoms with Crippen molar-refractivity contribution in [1.82, 2.24) is 0 Å². The first-order valence-corrected chi connectivity index (χ1v) is 12.6. The van der Waals surface area contributed by atoms with Gasteiger partial charge in [-0.3, -0.25) is 0 Å². The van der Waals surface area contributed by atoms with Gasteiger partial charge in [-0.2, -0.15) is 0 Å². The molecule has 0 saturated heterocycles. The Morgan fingerprint density at radius 3 is 0.812 bits per heavy atom. The minimum absolute atomic E-state index is 0.348. The van der Waals surface area contributed by atoms with E-state index in [1.54, 1.807) is 84.4 Å². The summed E-state index contributed by atoms with van der Waals surface area (Å²) in [5, 5.41) is 1.39.